The van der Waals surface area contributed by atoms with Gasteiger partial charge in [-0.1, -0.05) is 36.7 Å². The SMILES string of the molecule is CC(c1cccc2c1CCC2)C(NS(=O)(=O)c1ccc(Cl)cc1CO)c1n[nH]c(=O)o1. The van der Waals surface area contributed by atoms with Gasteiger partial charge in [0, 0.05) is 10.9 Å². The number of benzene rings is 2. The number of rotatable bonds is 7. The van der Waals surface area contributed by atoms with Crippen molar-refractivity contribution in [1.82, 2.24) is 14.9 Å². The number of aromatic amines is 1. The van der Waals surface area contributed by atoms with Crippen LogP contribution in [0.25, 0.3) is 0 Å². The van der Waals surface area contributed by atoms with Crippen LogP contribution in [0.5, 0.6) is 0 Å². The van der Waals surface area contributed by atoms with E-state index < -0.39 is 28.4 Å². The van der Waals surface area contributed by atoms with E-state index in [9.17, 15) is 18.3 Å². The molecule has 1 aromatic heterocycles. The second-order valence-electron chi connectivity index (χ2n) is 7.59. The molecule has 2 atom stereocenters. The summed E-state index contributed by atoms with van der Waals surface area (Å²) >= 11 is 5.94. The number of aliphatic hydroxyl groups is 1. The first kappa shape index (κ1) is 21.8. The Balaban J connectivity index is 1.77. The van der Waals surface area contributed by atoms with E-state index in [0.29, 0.717) is 5.02 Å². The maximum atomic E-state index is 13.3. The summed E-state index contributed by atoms with van der Waals surface area (Å²) in [5, 5.41) is 16.0. The third-order valence-electron chi connectivity index (χ3n) is 5.66. The zero-order valence-electron chi connectivity index (χ0n) is 16.8. The molecule has 0 amide bonds. The van der Waals surface area contributed by atoms with Gasteiger partial charge >= 0.3 is 5.76 Å². The van der Waals surface area contributed by atoms with Crippen LogP contribution < -0.4 is 10.5 Å². The number of aliphatic hydroxyl groups excluding tert-OH is 1. The number of aromatic nitrogens is 2. The van der Waals surface area contributed by atoms with E-state index in [1.807, 2.05) is 19.1 Å². The van der Waals surface area contributed by atoms with E-state index in [-0.39, 0.29) is 22.3 Å². The molecule has 0 bridgehead atoms. The molecule has 0 spiro atoms. The van der Waals surface area contributed by atoms with E-state index in [0.717, 1.165) is 24.8 Å². The van der Waals surface area contributed by atoms with E-state index in [4.69, 9.17) is 16.0 Å². The zero-order valence-corrected chi connectivity index (χ0v) is 18.3. The molecule has 2 aromatic carbocycles. The molecule has 4 rings (SSSR count). The van der Waals surface area contributed by atoms with Crippen molar-refractivity contribution in [2.75, 3.05) is 0 Å². The summed E-state index contributed by atoms with van der Waals surface area (Å²) in [5.74, 6) is -1.21. The maximum absolute atomic E-state index is 13.3. The monoisotopic (exact) mass is 463 g/mol. The summed E-state index contributed by atoms with van der Waals surface area (Å²) in [5.41, 5.74) is 3.58. The van der Waals surface area contributed by atoms with Crippen molar-refractivity contribution >= 4 is 21.6 Å². The summed E-state index contributed by atoms with van der Waals surface area (Å²) in [4.78, 5) is 11.5. The van der Waals surface area contributed by atoms with Gasteiger partial charge in [0.25, 0.3) is 0 Å². The molecule has 0 saturated heterocycles. The molecule has 3 aromatic rings. The fourth-order valence-electron chi connectivity index (χ4n) is 4.16. The molecular weight excluding hydrogens is 442 g/mol. The van der Waals surface area contributed by atoms with E-state index >= 15 is 0 Å². The summed E-state index contributed by atoms with van der Waals surface area (Å²) < 4.78 is 34.3. The predicted octanol–water partition coefficient (Wildman–Crippen LogP) is 2.82. The third-order valence-corrected chi connectivity index (χ3v) is 7.43. The summed E-state index contributed by atoms with van der Waals surface area (Å²) in [6.07, 6.45) is 2.93. The second-order valence-corrected chi connectivity index (χ2v) is 9.71. The smallest absolute Gasteiger partial charge is 0.392 e. The molecule has 0 aliphatic heterocycles. The molecule has 0 fully saturated rings. The molecule has 1 aliphatic rings. The van der Waals surface area contributed by atoms with Crippen LogP contribution in [0.3, 0.4) is 0 Å². The van der Waals surface area contributed by atoms with E-state index in [2.05, 4.69) is 21.0 Å². The molecule has 2 unspecified atom stereocenters. The standard InChI is InChI=1S/C21H22ClN3O5S/c1-12(16-6-2-4-13-5-3-7-17(13)16)19(20-23-24-21(27)30-20)25-31(28,29)18-9-8-15(22)10-14(18)11-26/h2,4,6,8-10,12,19,25-26H,3,5,7,11H2,1H3,(H,24,27). The number of nitrogens with zero attached hydrogens (tertiary/aromatic N) is 1. The maximum Gasteiger partial charge on any atom is 0.434 e. The molecule has 10 heteroatoms. The molecule has 164 valence electrons. The topological polar surface area (TPSA) is 125 Å². The van der Waals surface area contributed by atoms with Crippen LogP contribution >= 0.6 is 11.6 Å². The highest BCUT2D eigenvalue weighted by Crippen LogP contribution is 2.37. The van der Waals surface area contributed by atoms with Gasteiger partial charge in [-0.3, -0.25) is 0 Å². The lowest BCUT2D eigenvalue weighted by Gasteiger charge is -2.25. The molecule has 0 radical (unpaired) electrons. The summed E-state index contributed by atoms with van der Waals surface area (Å²) in [6, 6.07) is 9.21. The van der Waals surface area contributed by atoms with Crippen molar-refractivity contribution < 1.29 is 17.9 Å². The number of halogens is 1. The number of sulfonamides is 1. The third kappa shape index (κ3) is 4.31. The van der Waals surface area contributed by atoms with E-state index in [1.54, 1.807) is 0 Å². The minimum Gasteiger partial charge on any atom is -0.392 e. The molecule has 1 aliphatic carbocycles. The van der Waals surface area contributed by atoms with Crippen molar-refractivity contribution in [3.8, 4) is 0 Å². The highest BCUT2D eigenvalue weighted by molar-refractivity contribution is 7.89. The largest absolute Gasteiger partial charge is 0.434 e. The Labute approximate surface area is 184 Å². The first-order chi connectivity index (χ1) is 14.8. The van der Waals surface area contributed by atoms with Gasteiger partial charge in [0.05, 0.1) is 11.5 Å². The number of hydrogen-bond donors (Lipinski definition) is 3. The Morgan fingerprint density at radius 2 is 2.10 bits per heavy atom. The van der Waals surface area contributed by atoms with Crippen LogP contribution in [-0.2, 0) is 29.5 Å². The first-order valence-corrected chi connectivity index (χ1v) is 11.7. The molecule has 1 heterocycles. The molecule has 3 N–H and O–H groups in total. The quantitative estimate of drug-likeness (QED) is 0.494. The van der Waals surface area contributed by atoms with Crippen LogP contribution in [0.2, 0.25) is 5.02 Å². The van der Waals surface area contributed by atoms with Gasteiger partial charge in [-0.15, -0.1) is 5.10 Å². The lowest BCUT2D eigenvalue weighted by atomic mass is 9.88. The summed E-state index contributed by atoms with van der Waals surface area (Å²) in [6.45, 7) is 1.37. The average molecular weight is 464 g/mol. The van der Waals surface area contributed by atoms with Crippen molar-refractivity contribution in [3.05, 3.63) is 80.1 Å². The average Bonchev–Trinajstić information content (AvgIpc) is 3.39. The Bertz CT molecular complexity index is 1270. The molecular formula is C21H22ClN3O5S. The van der Waals surface area contributed by atoms with Crippen LogP contribution in [0.4, 0.5) is 0 Å². The van der Waals surface area contributed by atoms with Gasteiger partial charge in [-0.2, -0.15) is 4.72 Å². The van der Waals surface area contributed by atoms with Gasteiger partial charge in [0.1, 0.15) is 6.04 Å². The highest BCUT2D eigenvalue weighted by Gasteiger charge is 2.33. The predicted molar refractivity (Wildman–Crippen MR) is 114 cm³/mol. The minimum absolute atomic E-state index is 0.0591. The van der Waals surface area contributed by atoms with Gasteiger partial charge in [0.15, 0.2) is 0 Å². The van der Waals surface area contributed by atoms with Crippen molar-refractivity contribution in [2.45, 2.75) is 49.6 Å². The molecule has 0 saturated carbocycles. The van der Waals surface area contributed by atoms with Crippen molar-refractivity contribution in [3.63, 3.8) is 0 Å². The molecule has 8 nitrogen and oxygen atoms in total. The number of nitrogens with one attached hydrogen (secondary N) is 2. The Kier molecular flexibility index (Phi) is 6.02. The van der Waals surface area contributed by atoms with Crippen LogP contribution in [0, 0.1) is 0 Å². The number of hydrogen-bond acceptors (Lipinski definition) is 6. The van der Waals surface area contributed by atoms with Crippen molar-refractivity contribution in [2.24, 2.45) is 0 Å². The fraction of sp³-hybridized carbons (Fsp3) is 0.333. The van der Waals surface area contributed by atoms with Crippen LogP contribution in [0.1, 0.15) is 53.4 Å². The number of H-pyrrole nitrogens is 1. The van der Waals surface area contributed by atoms with Crippen LogP contribution in [-0.4, -0.2) is 23.7 Å². The Morgan fingerprint density at radius 3 is 2.81 bits per heavy atom. The second kappa shape index (κ2) is 8.58. The van der Waals surface area contributed by atoms with Crippen molar-refractivity contribution in [1.29, 1.82) is 0 Å². The molecule has 31 heavy (non-hydrogen) atoms. The number of aryl methyl sites for hydroxylation is 1. The van der Waals surface area contributed by atoms with Gasteiger partial charge in [0.2, 0.25) is 15.9 Å². The Morgan fingerprint density at radius 1 is 1.29 bits per heavy atom. The van der Waals surface area contributed by atoms with Gasteiger partial charge < -0.3 is 9.52 Å². The Hall–Kier alpha value is -2.46. The lowest BCUT2D eigenvalue weighted by Crippen LogP contribution is -2.33. The normalized spacial score (nSPS) is 15.6. The highest BCUT2D eigenvalue weighted by atomic mass is 35.5. The lowest BCUT2D eigenvalue weighted by molar-refractivity contribution is 0.278. The fourth-order valence-corrected chi connectivity index (χ4v) is 5.84. The van der Waals surface area contributed by atoms with E-state index in [1.165, 1.54) is 29.3 Å². The summed E-state index contributed by atoms with van der Waals surface area (Å²) in [7, 11) is -4.11. The van der Waals surface area contributed by atoms with Gasteiger partial charge in [-0.05, 0) is 59.7 Å². The van der Waals surface area contributed by atoms with Gasteiger partial charge in [-0.25, -0.2) is 18.3 Å². The zero-order chi connectivity index (χ0) is 22.2. The first-order valence-electron chi connectivity index (χ1n) is 9.88. The number of fused-ring (bicyclic) bond motifs is 1. The minimum atomic E-state index is -4.11. The van der Waals surface area contributed by atoms with Crippen LogP contribution in [0.15, 0.2) is 50.5 Å².